The zero-order valence-corrected chi connectivity index (χ0v) is 12.3. The molecule has 1 aromatic rings. The molecule has 0 amide bonds. The topological polar surface area (TPSA) is 9.23 Å². The number of thiol groups is 1. The van der Waals surface area contributed by atoms with Crippen LogP contribution in [-0.2, 0) is 0 Å². The summed E-state index contributed by atoms with van der Waals surface area (Å²) in [6.07, 6.45) is 6.58. The van der Waals surface area contributed by atoms with Gasteiger partial charge in [0.05, 0.1) is 6.61 Å². The molecule has 0 aromatic heterocycles. The van der Waals surface area contributed by atoms with Crippen LogP contribution in [0.15, 0.2) is 40.0 Å². The van der Waals surface area contributed by atoms with E-state index in [9.17, 15) is 0 Å². The van der Waals surface area contributed by atoms with Crippen molar-refractivity contribution in [2.45, 2.75) is 38.5 Å². The van der Waals surface area contributed by atoms with Gasteiger partial charge in [-0.05, 0) is 59.2 Å². The van der Waals surface area contributed by atoms with E-state index in [0.717, 1.165) is 18.8 Å². The Kier molecular flexibility index (Phi) is 4.54. The summed E-state index contributed by atoms with van der Waals surface area (Å²) in [6.45, 7) is 7.31. The molecule has 0 N–H and O–H groups in total. The van der Waals surface area contributed by atoms with Gasteiger partial charge in [0.2, 0.25) is 0 Å². The summed E-state index contributed by atoms with van der Waals surface area (Å²) < 4.78 is 5.90. The number of aryl methyl sites for hydroxylation is 2. The molecule has 2 heteroatoms. The van der Waals surface area contributed by atoms with Crippen molar-refractivity contribution < 1.29 is 4.74 Å². The number of allylic oxidation sites excluding steroid dienone is 2. The van der Waals surface area contributed by atoms with E-state index in [1.807, 2.05) is 0 Å². The van der Waals surface area contributed by atoms with Crippen molar-refractivity contribution in [2.24, 2.45) is 0 Å². The number of benzene rings is 1. The molecule has 0 atom stereocenters. The van der Waals surface area contributed by atoms with Crippen LogP contribution in [0.2, 0.25) is 0 Å². The maximum absolute atomic E-state index is 5.90. The monoisotopic (exact) mass is 262 g/mol. The number of rotatable bonds is 5. The van der Waals surface area contributed by atoms with Gasteiger partial charge < -0.3 is 4.74 Å². The first-order chi connectivity index (χ1) is 8.72. The van der Waals surface area contributed by atoms with Gasteiger partial charge in [-0.15, -0.1) is 0 Å². The highest BCUT2D eigenvalue weighted by Gasteiger charge is 2.10. The summed E-state index contributed by atoms with van der Waals surface area (Å²) in [4.78, 5) is 1.42. The van der Waals surface area contributed by atoms with Gasteiger partial charge in [-0.3, -0.25) is 0 Å². The van der Waals surface area contributed by atoms with Crippen LogP contribution in [0.3, 0.4) is 0 Å². The summed E-state index contributed by atoms with van der Waals surface area (Å²) >= 11 is 0. The number of hydrogen-bond acceptors (Lipinski definition) is 1. The first kappa shape index (κ1) is 13.3. The molecule has 0 radical (unpaired) electrons. The average Bonchev–Trinajstić information content (AvgIpc) is 2.86. The van der Waals surface area contributed by atoms with Crippen LogP contribution in [-0.4, -0.2) is 6.61 Å². The van der Waals surface area contributed by atoms with Crippen LogP contribution >= 0.6 is 10.9 Å². The van der Waals surface area contributed by atoms with Gasteiger partial charge in [-0.2, -0.15) is 10.9 Å². The summed E-state index contributed by atoms with van der Waals surface area (Å²) in [7, 11) is -0.218. The Labute approximate surface area is 113 Å². The Hall–Kier alpha value is -1.15. The van der Waals surface area contributed by atoms with Crippen molar-refractivity contribution in [3.05, 3.63) is 46.2 Å². The normalized spacial score (nSPS) is 15.4. The fourth-order valence-corrected chi connectivity index (χ4v) is 3.83. The second kappa shape index (κ2) is 6.14. The fraction of sp³-hybridized carbons (Fsp3) is 0.375. The van der Waals surface area contributed by atoms with Crippen molar-refractivity contribution in [3.8, 4) is 5.75 Å². The van der Waals surface area contributed by atoms with Gasteiger partial charge in [0.25, 0.3) is 0 Å². The minimum absolute atomic E-state index is 0.218. The molecule has 0 aliphatic carbocycles. The number of ether oxygens (including phenoxy) is 1. The third-order valence-electron chi connectivity index (χ3n) is 3.09. The second-order valence-corrected chi connectivity index (χ2v) is 6.63. The molecule has 1 aromatic carbocycles. The predicted molar refractivity (Wildman–Crippen MR) is 81.9 cm³/mol. The lowest BCUT2D eigenvalue weighted by Crippen LogP contribution is -2.00. The lowest BCUT2D eigenvalue weighted by atomic mass is 10.1. The lowest BCUT2D eigenvalue weighted by molar-refractivity contribution is 0.305. The van der Waals surface area contributed by atoms with Crippen LogP contribution in [0.5, 0.6) is 5.75 Å². The fourth-order valence-electron chi connectivity index (χ4n) is 2.13. The third kappa shape index (κ3) is 2.99. The average molecular weight is 262 g/mol. The minimum atomic E-state index is -0.218. The van der Waals surface area contributed by atoms with Crippen molar-refractivity contribution in [3.63, 3.8) is 0 Å². The lowest BCUT2D eigenvalue weighted by Gasteiger charge is -2.17. The molecule has 0 saturated carbocycles. The highest BCUT2D eigenvalue weighted by atomic mass is 32.2. The highest BCUT2D eigenvalue weighted by molar-refractivity contribution is 8.22. The van der Waals surface area contributed by atoms with Crippen LogP contribution < -0.4 is 4.74 Å². The minimum Gasteiger partial charge on any atom is -0.493 e. The SMILES string of the molecule is CCCCOc1c(C)cc([SH]2C=CC=C2)cc1C. The molecule has 1 aliphatic heterocycles. The van der Waals surface area contributed by atoms with Crippen LogP contribution in [0.1, 0.15) is 30.9 Å². The van der Waals surface area contributed by atoms with Crippen molar-refractivity contribution in [1.82, 2.24) is 0 Å². The van der Waals surface area contributed by atoms with Gasteiger partial charge in [-0.25, -0.2) is 0 Å². The molecule has 0 unspecified atom stereocenters. The Morgan fingerprint density at radius 1 is 1.06 bits per heavy atom. The molecule has 1 aliphatic rings. The smallest absolute Gasteiger partial charge is 0.125 e. The molecular weight excluding hydrogens is 240 g/mol. The summed E-state index contributed by atoms with van der Waals surface area (Å²) in [5.41, 5.74) is 2.52. The molecule has 2 rings (SSSR count). The predicted octanol–water partition coefficient (Wildman–Crippen LogP) is 4.88. The van der Waals surface area contributed by atoms with E-state index >= 15 is 0 Å². The van der Waals surface area contributed by atoms with Gasteiger partial charge in [0.15, 0.2) is 0 Å². The number of unbranched alkanes of at least 4 members (excludes halogenated alkanes) is 1. The van der Waals surface area contributed by atoms with Crippen LogP contribution in [0.4, 0.5) is 0 Å². The van der Waals surface area contributed by atoms with Gasteiger partial charge >= 0.3 is 0 Å². The summed E-state index contributed by atoms with van der Waals surface area (Å²) in [6, 6.07) is 4.56. The molecule has 0 fully saturated rings. The molecular formula is C16H22OS. The van der Waals surface area contributed by atoms with E-state index in [-0.39, 0.29) is 10.9 Å². The van der Waals surface area contributed by atoms with E-state index in [4.69, 9.17) is 4.74 Å². The zero-order valence-electron chi connectivity index (χ0n) is 11.4. The zero-order chi connectivity index (χ0) is 13.0. The first-order valence-corrected chi connectivity index (χ1v) is 8.07. The van der Waals surface area contributed by atoms with E-state index in [1.165, 1.54) is 22.4 Å². The summed E-state index contributed by atoms with van der Waals surface area (Å²) in [5.74, 6) is 1.08. The van der Waals surface area contributed by atoms with Crippen LogP contribution in [0.25, 0.3) is 0 Å². The Bertz CT molecular complexity index is 439. The van der Waals surface area contributed by atoms with Crippen molar-refractivity contribution >= 4 is 10.9 Å². The van der Waals surface area contributed by atoms with Crippen molar-refractivity contribution in [1.29, 1.82) is 0 Å². The third-order valence-corrected chi connectivity index (χ3v) is 4.93. The Morgan fingerprint density at radius 2 is 1.67 bits per heavy atom. The van der Waals surface area contributed by atoms with E-state index in [1.54, 1.807) is 0 Å². The van der Waals surface area contributed by atoms with Crippen molar-refractivity contribution in [2.75, 3.05) is 6.61 Å². The molecule has 0 saturated heterocycles. The molecule has 1 heterocycles. The maximum atomic E-state index is 5.90. The largest absolute Gasteiger partial charge is 0.493 e. The quantitative estimate of drug-likeness (QED) is 0.587. The van der Waals surface area contributed by atoms with E-state index in [0.29, 0.717) is 0 Å². The molecule has 1 nitrogen and oxygen atoms in total. The van der Waals surface area contributed by atoms with Crippen LogP contribution in [0, 0.1) is 13.8 Å². The Balaban J connectivity index is 2.18. The molecule has 18 heavy (non-hydrogen) atoms. The van der Waals surface area contributed by atoms with E-state index in [2.05, 4.69) is 55.9 Å². The standard InChI is InChI=1S/C16H22OS/c1-4-5-8-17-16-13(2)11-15(12-14(16)3)18-9-6-7-10-18/h6-7,9-12,18H,4-5,8H2,1-3H3. The van der Waals surface area contributed by atoms with Gasteiger partial charge in [-0.1, -0.05) is 25.5 Å². The first-order valence-electron chi connectivity index (χ1n) is 6.59. The Morgan fingerprint density at radius 3 is 2.22 bits per heavy atom. The maximum Gasteiger partial charge on any atom is 0.125 e. The van der Waals surface area contributed by atoms with Gasteiger partial charge in [0, 0.05) is 0 Å². The second-order valence-electron chi connectivity index (χ2n) is 4.70. The molecule has 0 bridgehead atoms. The van der Waals surface area contributed by atoms with E-state index < -0.39 is 0 Å². The highest BCUT2D eigenvalue weighted by Crippen LogP contribution is 2.44. The van der Waals surface area contributed by atoms with Gasteiger partial charge in [0.1, 0.15) is 5.75 Å². The summed E-state index contributed by atoms with van der Waals surface area (Å²) in [5, 5.41) is 4.59. The molecule has 0 spiro atoms. The number of hydrogen-bond donors (Lipinski definition) is 1. The molecule has 98 valence electrons.